The molecule has 1 aromatic heterocycles. The zero-order chi connectivity index (χ0) is 14.7. The molecule has 1 atom stereocenters. The molecule has 21 heavy (non-hydrogen) atoms. The maximum Gasteiger partial charge on any atom is 0.100 e. The Labute approximate surface area is 131 Å². The van der Waals surface area contributed by atoms with Gasteiger partial charge in [-0.05, 0) is 24.2 Å². The fraction of sp³-hybridized carbons (Fsp3) is 0.294. The van der Waals surface area contributed by atoms with Gasteiger partial charge in [-0.25, -0.2) is 0 Å². The Morgan fingerprint density at radius 3 is 2.62 bits per heavy atom. The first kappa shape index (κ1) is 14.2. The number of thiocarbonyl (C=S) groups is 1. The highest BCUT2D eigenvalue weighted by molar-refractivity contribution is 7.80. The molecule has 0 spiro atoms. The van der Waals surface area contributed by atoms with E-state index in [1.807, 2.05) is 24.4 Å². The first-order valence-electron chi connectivity index (χ1n) is 7.25. The van der Waals surface area contributed by atoms with E-state index < -0.39 is 0 Å². The topological polar surface area (TPSA) is 28.2 Å². The van der Waals surface area contributed by atoms with Crippen LogP contribution in [0.25, 0.3) is 0 Å². The SMILES string of the molecule is CCN1CNC(=S)C(c2ccccc2)(c2ccccn2)C1. The van der Waals surface area contributed by atoms with E-state index >= 15 is 0 Å². The maximum atomic E-state index is 5.73. The lowest BCUT2D eigenvalue weighted by atomic mass is 9.75. The van der Waals surface area contributed by atoms with E-state index in [1.54, 1.807) is 0 Å². The van der Waals surface area contributed by atoms with Crippen LogP contribution in [0.15, 0.2) is 54.7 Å². The predicted molar refractivity (Wildman–Crippen MR) is 89.3 cm³/mol. The molecule has 1 N–H and O–H groups in total. The van der Waals surface area contributed by atoms with Gasteiger partial charge in [0.1, 0.15) is 5.41 Å². The number of nitrogens with one attached hydrogen (secondary N) is 1. The number of nitrogens with zero attached hydrogens (tertiary/aromatic N) is 2. The first-order valence-corrected chi connectivity index (χ1v) is 7.66. The summed E-state index contributed by atoms with van der Waals surface area (Å²) in [6.07, 6.45) is 1.84. The molecule has 2 aromatic rings. The van der Waals surface area contributed by atoms with Gasteiger partial charge in [0.25, 0.3) is 0 Å². The van der Waals surface area contributed by atoms with Crippen LogP contribution in [-0.2, 0) is 5.41 Å². The third-order valence-corrected chi connectivity index (χ3v) is 4.62. The van der Waals surface area contributed by atoms with Gasteiger partial charge in [-0.1, -0.05) is 55.5 Å². The van der Waals surface area contributed by atoms with Gasteiger partial charge in [-0.3, -0.25) is 9.88 Å². The number of hydrogen-bond donors (Lipinski definition) is 1. The molecule has 0 aliphatic carbocycles. The van der Waals surface area contributed by atoms with E-state index in [1.165, 1.54) is 5.56 Å². The number of likely N-dealkylation sites (N-methyl/N-ethyl adjacent to an activating group) is 1. The molecule has 0 bridgehead atoms. The number of aromatic nitrogens is 1. The third kappa shape index (κ3) is 2.45. The molecule has 108 valence electrons. The number of rotatable bonds is 3. The molecular weight excluding hydrogens is 278 g/mol. The van der Waals surface area contributed by atoms with Crippen molar-refractivity contribution in [1.29, 1.82) is 0 Å². The van der Waals surface area contributed by atoms with Crippen molar-refractivity contribution < 1.29 is 0 Å². The lowest BCUT2D eigenvalue weighted by Crippen LogP contribution is -2.59. The average Bonchev–Trinajstić information content (AvgIpc) is 2.57. The minimum atomic E-state index is -0.369. The van der Waals surface area contributed by atoms with Gasteiger partial charge >= 0.3 is 0 Å². The van der Waals surface area contributed by atoms with Crippen molar-refractivity contribution in [1.82, 2.24) is 15.2 Å². The Morgan fingerprint density at radius 1 is 1.19 bits per heavy atom. The fourth-order valence-electron chi connectivity index (χ4n) is 2.93. The van der Waals surface area contributed by atoms with Crippen LogP contribution in [0.3, 0.4) is 0 Å². The lowest BCUT2D eigenvalue weighted by Gasteiger charge is -2.43. The van der Waals surface area contributed by atoms with Crippen LogP contribution in [0, 0.1) is 0 Å². The Hall–Kier alpha value is -1.78. The van der Waals surface area contributed by atoms with E-state index in [4.69, 9.17) is 12.2 Å². The van der Waals surface area contributed by atoms with Crippen LogP contribution in [0.5, 0.6) is 0 Å². The van der Waals surface area contributed by atoms with E-state index in [9.17, 15) is 0 Å². The number of pyridine rings is 1. The zero-order valence-electron chi connectivity index (χ0n) is 12.1. The monoisotopic (exact) mass is 297 g/mol. The molecule has 0 saturated carbocycles. The summed E-state index contributed by atoms with van der Waals surface area (Å²) in [6, 6.07) is 16.5. The fourth-order valence-corrected chi connectivity index (χ4v) is 3.28. The Balaban J connectivity index is 2.17. The summed E-state index contributed by atoms with van der Waals surface area (Å²) in [5.41, 5.74) is 1.83. The third-order valence-electron chi connectivity index (χ3n) is 4.13. The van der Waals surface area contributed by atoms with E-state index in [0.29, 0.717) is 0 Å². The summed E-state index contributed by atoms with van der Waals surface area (Å²) in [5, 5.41) is 3.39. The normalized spacial score (nSPS) is 22.8. The molecule has 1 unspecified atom stereocenters. The standard InChI is InChI=1S/C17H19N3S/c1-2-20-12-17(16(21)19-13-20,14-8-4-3-5-9-14)15-10-6-7-11-18-15/h3-11H,2,12-13H2,1H3,(H,19,21). The van der Waals surface area contributed by atoms with Crippen molar-refractivity contribution in [2.24, 2.45) is 0 Å². The van der Waals surface area contributed by atoms with Gasteiger partial charge in [0.15, 0.2) is 0 Å². The summed E-state index contributed by atoms with van der Waals surface area (Å²) >= 11 is 5.73. The number of benzene rings is 1. The molecule has 4 heteroatoms. The minimum Gasteiger partial charge on any atom is -0.366 e. The maximum absolute atomic E-state index is 5.73. The first-order chi connectivity index (χ1) is 10.3. The Kier molecular flexibility index (Phi) is 3.99. The van der Waals surface area contributed by atoms with Gasteiger partial charge in [0.05, 0.1) is 17.4 Å². The highest BCUT2D eigenvalue weighted by Gasteiger charge is 2.43. The largest absolute Gasteiger partial charge is 0.366 e. The second-order valence-electron chi connectivity index (χ2n) is 5.30. The molecule has 1 aromatic carbocycles. The molecule has 3 nitrogen and oxygen atoms in total. The summed E-state index contributed by atoms with van der Waals surface area (Å²) in [6.45, 7) is 4.81. The molecule has 0 radical (unpaired) electrons. The van der Waals surface area contributed by atoms with Crippen LogP contribution < -0.4 is 5.32 Å². The van der Waals surface area contributed by atoms with Crippen LogP contribution in [0.2, 0.25) is 0 Å². The van der Waals surface area contributed by atoms with Gasteiger partial charge in [0, 0.05) is 12.7 Å². The Morgan fingerprint density at radius 2 is 1.95 bits per heavy atom. The van der Waals surface area contributed by atoms with Crippen molar-refractivity contribution in [2.75, 3.05) is 19.8 Å². The summed E-state index contributed by atoms with van der Waals surface area (Å²) in [4.78, 5) is 7.83. The summed E-state index contributed by atoms with van der Waals surface area (Å²) in [7, 11) is 0. The molecular formula is C17H19N3S. The van der Waals surface area contributed by atoms with Gasteiger partial charge in [0.2, 0.25) is 0 Å². The molecule has 0 amide bonds. The molecule has 3 rings (SSSR count). The highest BCUT2D eigenvalue weighted by atomic mass is 32.1. The van der Waals surface area contributed by atoms with Gasteiger partial charge in [-0.15, -0.1) is 0 Å². The van der Waals surface area contributed by atoms with Gasteiger partial charge in [-0.2, -0.15) is 0 Å². The van der Waals surface area contributed by atoms with Crippen molar-refractivity contribution in [3.8, 4) is 0 Å². The highest BCUT2D eigenvalue weighted by Crippen LogP contribution is 2.35. The van der Waals surface area contributed by atoms with E-state index in [2.05, 4.69) is 52.5 Å². The molecule has 2 heterocycles. The molecule has 1 fully saturated rings. The van der Waals surface area contributed by atoms with Crippen LogP contribution in [0.4, 0.5) is 0 Å². The van der Waals surface area contributed by atoms with Crippen LogP contribution in [-0.4, -0.2) is 34.6 Å². The number of hydrogen-bond acceptors (Lipinski definition) is 3. The molecule has 1 saturated heterocycles. The smallest absolute Gasteiger partial charge is 0.100 e. The zero-order valence-corrected chi connectivity index (χ0v) is 12.9. The van der Waals surface area contributed by atoms with Crippen LogP contribution in [0.1, 0.15) is 18.2 Å². The van der Waals surface area contributed by atoms with E-state index in [-0.39, 0.29) is 5.41 Å². The van der Waals surface area contributed by atoms with Crippen molar-refractivity contribution in [3.63, 3.8) is 0 Å². The Bertz CT molecular complexity index is 573. The van der Waals surface area contributed by atoms with E-state index in [0.717, 1.165) is 30.4 Å². The second kappa shape index (κ2) is 5.92. The summed E-state index contributed by atoms with van der Waals surface area (Å²) in [5.74, 6) is 0. The molecule has 1 aliphatic heterocycles. The van der Waals surface area contributed by atoms with Crippen molar-refractivity contribution in [2.45, 2.75) is 12.3 Å². The minimum absolute atomic E-state index is 0.369. The van der Waals surface area contributed by atoms with Crippen molar-refractivity contribution >= 4 is 17.2 Å². The molecule has 1 aliphatic rings. The second-order valence-corrected chi connectivity index (χ2v) is 5.70. The van der Waals surface area contributed by atoms with Crippen LogP contribution >= 0.6 is 12.2 Å². The predicted octanol–water partition coefficient (Wildman–Crippen LogP) is 2.58. The van der Waals surface area contributed by atoms with Gasteiger partial charge < -0.3 is 5.32 Å². The lowest BCUT2D eigenvalue weighted by molar-refractivity contribution is 0.232. The quantitative estimate of drug-likeness (QED) is 0.882. The van der Waals surface area contributed by atoms with Crippen molar-refractivity contribution in [3.05, 3.63) is 66.0 Å². The summed E-state index contributed by atoms with van der Waals surface area (Å²) < 4.78 is 0. The average molecular weight is 297 g/mol.